The highest BCUT2D eigenvalue weighted by Gasteiger charge is 2.49. The zero-order valence-electron chi connectivity index (χ0n) is 17.0. The number of carbonyl (C=O) groups is 1. The third kappa shape index (κ3) is 2.90. The van der Waals surface area contributed by atoms with Crippen molar-refractivity contribution in [1.29, 1.82) is 0 Å². The van der Waals surface area contributed by atoms with Crippen molar-refractivity contribution in [2.24, 2.45) is 11.7 Å². The van der Waals surface area contributed by atoms with Crippen molar-refractivity contribution < 1.29 is 27.5 Å². The first kappa shape index (κ1) is 21.0. The van der Waals surface area contributed by atoms with E-state index in [1.807, 2.05) is 0 Å². The second-order valence-electron chi connectivity index (χ2n) is 9.19. The van der Waals surface area contributed by atoms with Crippen LogP contribution < -0.4 is 21.8 Å². The van der Waals surface area contributed by atoms with Gasteiger partial charge in [0.1, 0.15) is 23.6 Å². The summed E-state index contributed by atoms with van der Waals surface area (Å²) >= 11 is 0. The number of nitrogens with two attached hydrogens (primary N) is 2. The predicted molar refractivity (Wildman–Crippen MR) is 109 cm³/mol. The summed E-state index contributed by atoms with van der Waals surface area (Å²) in [4.78, 5) is 25.6. The van der Waals surface area contributed by atoms with Crippen LogP contribution in [0.5, 0.6) is 0 Å². The maximum atomic E-state index is 15.8. The average molecular weight is 454 g/mol. The smallest absolute Gasteiger partial charge is 0.341 e. The Morgan fingerprint density at radius 1 is 1.22 bits per heavy atom. The van der Waals surface area contributed by atoms with Gasteiger partial charge in [-0.25, -0.2) is 22.4 Å². The van der Waals surface area contributed by atoms with E-state index in [9.17, 15) is 23.5 Å². The van der Waals surface area contributed by atoms with E-state index < -0.39 is 74.8 Å². The molecule has 1 aliphatic heterocycles. The molecule has 5 rings (SSSR count). The lowest BCUT2D eigenvalue weighted by Gasteiger charge is -2.45. The molecule has 2 heterocycles. The van der Waals surface area contributed by atoms with E-state index in [-0.39, 0.29) is 38.3 Å². The van der Waals surface area contributed by atoms with Gasteiger partial charge in [-0.1, -0.05) is 0 Å². The molecule has 2 aromatic rings. The summed E-state index contributed by atoms with van der Waals surface area (Å²) < 4.78 is 59.4. The number of carboxylic acid groups (broad SMARTS) is 1. The van der Waals surface area contributed by atoms with Gasteiger partial charge in [-0.15, -0.1) is 0 Å². The fourth-order valence-electron chi connectivity index (χ4n) is 5.21. The van der Waals surface area contributed by atoms with Crippen LogP contribution in [-0.4, -0.2) is 46.6 Å². The van der Waals surface area contributed by atoms with Crippen LogP contribution >= 0.6 is 0 Å². The van der Waals surface area contributed by atoms with Gasteiger partial charge in [-0.05, 0) is 25.2 Å². The molecule has 11 heteroatoms. The largest absolute Gasteiger partial charge is 0.477 e. The van der Waals surface area contributed by atoms with Crippen LogP contribution in [0.3, 0.4) is 0 Å². The van der Waals surface area contributed by atoms with Crippen LogP contribution in [0.15, 0.2) is 11.0 Å². The van der Waals surface area contributed by atoms with Gasteiger partial charge in [0, 0.05) is 31.2 Å². The number of aromatic nitrogens is 1. The number of halogens is 4. The van der Waals surface area contributed by atoms with Gasteiger partial charge in [0.25, 0.3) is 0 Å². The van der Waals surface area contributed by atoms with Gasteiger partial charge >= 0.3 is 5.97 Å². The first-order chi connectivity index (χ1) is 15.0. The summed E-state index contributed by atoms with van der Waals surface area (Å²) in [5.41, 5.74) is 7.96. The molecule has 2 aliphatic carbocycles. The maximum absolute atomic E-state index is 15.8. The quantitative estimate of drug-likeness (QED) is 0.483. The fraction of sp³-hybridized carbons (Fsp3) is 0.524. The number of benzene rings is 1. The van der Waals surface area contributed by atoms with Crippen LogP contribution in [0.2, 0.25) is 0 Å². The number of carboxylic acids is 1. The zero-order valence-corrected chi connectivity index (χ0v) is 17.0. The molecule has 32 heavy (non-hydrogen) atoms. The summed E-state index contributed by atoms with van der Waals surface area (Å²) in [6.45, 7) is 0.417. The van der Waals surface area contributed by atoms with Crippen LogP contribution in [-0.2, 0) is 0 Å². The lowest BCUT2D eigenvalue weighted by Crippen LogP contribution is -2.58. The number of hydrogen-bond donors (Lipinski definition) is 3. The van der Waals surface area contributed by atoms with Crippen molar-refractivity contribution in [2.45, 2.75) is 49.6 Å². The minimum Gasteiger partial charge on any atom is -0.477 e. The third-order valence-corrected chi connectivity index (χ3v) is 7.15. The standard InChI is InChI=1S/C21H22F4N4O3/c22-9-4-21(27,5-9)8-1-2-28(6-8)18-14(24)16(26)13-17(15(18)25)29(12-3-11(12)23)7-10(19(13)30)20(31)32/h7-9,11-12H,1-6,26-27H2,(H,31,32)/t8?,9?,11-,12-,21?/m1/s1. The van der Waals surface area contributed by atoms with Crippen molar-refractivity contribution in [3.8, 4) is 0 Å². The number of hydrogen-bond acceptors (Lipinski definition) is 5. The molecule has 2 saturated carbocycles. The molecule has 0 bridgehead atoms. The number of rotatable bonds is 4. The number of alkyl halides is 2. The Morgan fingerprint density at radius 3 is 2.44 bits per heavy atom. The Labute approximate surface area is 179 Å². The molecular formula is C21H22F4N4O3. The van der Waals surface area contributed by atoms with Gasteiger partial charge in [0.2, 0.25) is 5.43 Å². The van der Waals surface area contributed by atoms with Gasteiger partial charge in [0.05, 0.1) is 22.6 Å². The van der Waals surface area contributed by atoms with Gasteiger partial charge in [-0.2, -0.15) is 0 Å². The second-order valence-corrected chi connectivity index (χ2v) is 9.19. The molecule has 3 fully saturated rings. The van der Waals surface area contributed by atoms with Gasteiger partial charge in [-0.3, -0.25) is 4.79 Å². The minimum atomic E-state index is -1.60. The van der Waals surface area contributed by atoms with Crippen molar-refractivity contribution in [3.63, 3.8) is 0 Å². The normalized spacial score (nSPS) is 31.7. The lowest BCUT2D eigenvalue weighted by atomic mass is 9.67. The number of fused-ring (bicyclic) bond motifs is 1. The highest BCUT2D eigenvalue weighted by Crippen LogP contribution is 2.46. The summed E-state index contributed by atoms with van der Waals surface area (Å²) in [5.74, 6) is -4.07. The number of anilines is 2. The van der Waals surface area contributed by atoms with Crippen molar-refractivity contribution in [3.05, 3.63) is 33.6 Å². The first-order valence-corrected chi connectivity index (χ1v) is 10.4. The van der Waals surface area contributed by atoms with E-state index in [2.05, 4.69) is 0 Å². The zero-order chi connectivity index (χ0) is 23.1. The summed E-state index contributed by atoms with van der Waals surface area (Å²) in [7, 11) is 0. The summed E-state index contributed by atoms with van der Waals surface area (Å²) in [5, 5.41) is 8.73. The van der Waals surface area contributed by atoms with Crippen molar-refractivity contribution in [2.75, 3.05) is 23.7 Å². The molecule has 7 nitrogen and oxygen atoms in total. The van der Waals surface area contributed by atoms with E-state index in [0.29, 0.717) is 6.42 Å². The van der Waals surface area contributed by atoms with Crippen molar-refractivity contribution >= 4 is 28.2 Å². The number of nitrogens with zero attached hydrogens (tertiary/aromatic N) is 2. The topological polar surface area (TPSA) is 115 Å². The van der Waals surface area contributed by atoms with Crippen LogP contribution in [0, 0.1) is 17.6 Å². The Bertz CT molecular complexity index is 1210. The number of nitrogen functional groups attached to an aromatic ring is 1. The molecule has 0 spiro atoms. The Morgan fingerprint density at radius 2 is 1.88 bits per heavy atom. The number of pyridine rings is 1. The van der Waals surface area contributed by atoms with Crippen LogP contribution in [0.25, 0.3) is 10.9 Å². The number of aromatic carboxylic acids is 1. The van der Waals surface area contributed by atoms with Gasteiger partial charge in [0.15, 0.2) is 11.6 Å². The van der Waals surface area contributed by atoms with Crippen LogP contribution in [0.1, 0.15) is 42.1 Å². The van der Waals surface area contributed by atoms with Gasteiger partial charge < -0.3 is 26.0 Å². The predicted octanol–water partition coefficient (Wildman–Crippen LogP) is 2.50. The first-order valence-electron chi connectivity index (χ1n) is 10.4. The monoisotopic (exact) mass is 454 g/mol. The molecule has 5 N–H and O–H groups in total. The van der Waals surface area contributed by atoms with Crippen LogP contribution in [0.4, 0.5) is 28.9 Å². The van der Waals surface area contributed by atoms with E-state index in [0.717, 1.165) is 10.8 Å². The SMILES string of the molecule is Nc1c(F)c(N2CCC(C3(N)CC(F)C3)C2)c(F)c2c1c(=O)c(C(=O)O)cn2[C@@H]1C[C@H]1F. The molecule has 0 amide bonds. The Hall–Kier alpha value is -2.82. The van der Waals surface area contributed by atoms with E-state index in [1.165, 1.54) is 4.90 Å². The average Bonchev–Trinajstić information content (AvgIpc) is 3.22. The molecule has 0 radical (unpaired) electrons. The maximum Gasteiger partial charge on any atom is 0.341 e. The van der Waals surface area contributed by atoms with E-state index >= 15 is 8.78 Å². The molecule has 1 aromatic heterocycles. The van der Waals surface area contributed by atoms with Crippen molar-refractivity contribution in [1.82, 2.24) is 4.57 Å². The highest BCUT2D eigenvalue weighted by molar-refractivity contribution is 5.99. The molecule has 3 aliphatic rings. The Kier molecular flexibility index (Phi) is 4.50. The Balaban J connectivity index is 1.66. The summed E-state index contributed by atoms with van der Waals surface area (Å²) in [6.07, 6.45) is -0.560. The lowest BCUT2D eigenvalue weighted by molar-refractivity contribution is 0.0581. The fourth-order valence-corrected chi connectivity index (χ4v) is 5.21. The highest BCUT2D eigenvalue weighted by atomic mass is 19.1. The molecule has 1 aromatic carbocycles. The summed E-state index contributed by atoms with van der Waals surface area (Å²) in [6, 6.07) is -0.876. The third-order valence-electron chi connectivity index (χ3n) is 7.15. The van der Waals surface area contributed by atoms with E-state index in [1.54, 1.807) is 0 Å². The molecular weight excluding hydrogens is 432 g/mol. The van der Waals surface area contributed by atoms with E-state index in [4.69, 9.17) is 11.5 Å². The minimum absolute atomic E-state index is 0.00889. The second kappa shape index (κ2) is 6.84. The molecule has 172 valence electrons. The molecule has 1 unspecified atom stereocenters. The molecule has 3 atom stereocenters. The molecule has 1 saturated heterocycles.